The van der Waals surface area contributed by atoms with Gasteiger partial charge in [-0.25, -0.2) is 9.66 Å². The number of nitrogens with one attached hydrogen (secondary N) is 1. The van der Waals surface area contributed by atoms with Crippen molar-refractivity contribution in [3.05, 3.63) is 34.6 Å². The molecule has 0 radical (unpaired) electrons. The molecular weight excluding hydrogens is 288 g/mol. The first-order valence-electron chi connectivity index (χ1n) is 6.48. The van der Waals surface area contributed by atoms with E-state index in [1.165, 1.54) is 0 Å². The summed E-state index contributed by atoms with van der Waals surface area (Å²) in [6.45, 7) is 5.72. The molecule has 0 aliphatic heterocycles. The Morgan fingerprint density at radius 3 is 2.71 bits per heavy atom. The summed E-state index contributed by atoms with van der Waals surface area (Å²) in [5, 5.41) is 3.63. The van der Waals surface area contributed by atoms with Crippen LogP contribution in [0.5, 0.6) is 0 Å². The van der Waals surface area contributed by atoms with Crippen LogP contribution in [0.15, 0.2) is 34.2 Å². The van der Waals surface area contributed by atoms with Gasteiger partial charge in [-0.15, -0.1) is 0 Å². The smallest absolute Gasteiger partial charge is 0.280 e. The summed E-state index contributed by atoms with van der Waals surface area (Å²) >= 11 is 1.14. The molecule has 0 aliphatic carbocycles. The Hall–Kier alpha value is -2.02. The van der Waals surface area contributed by atoms with Crippen LogP contribution in [0, 0.1) is 0 Å². The van der Waals surface area contributed by atoms with Gasteiger partial charge >= 0.3 is 0 Å². The standard InChI is InChI=1S/C14H18N4O2S/c1-14(2,3)17-11(19)8-21-13-16-10-7-5-4-6-9(10)12(20)18(13)15/h4-7H,8,15H2,1-3H3,(H,17,19). The summed E-state index contributed by atoms with van der Waals surface area (Å²) in [6, 6.07) is 6.98. The average Bonchev–Trinajstić information content (AvgIpc) is 2.39. The van der Waals surface area contributed by atoms with E-state index in [0.717, 1.165) is 16.4 Å². The highest BCUT2D eigenvalue weighted by atomic mass is 32.2. The zero-order chi connectivity index (χ0) is 15.6. The highest BCUT2D eigenvalue weighted by molar-refractivity contribution is 7.99. The van der Waals surface area contributed by atoms with Gasteiger partial charge in [0.25, 0.3) is 5.56 Å². The number of fused-ring (bicyclic) bond motifs is 1. The van der Waals surface area contributed by atoms with E-state index in [1.807, 2.05) is 20.8 Å². The molecule has 21 heavy (non-hydrogen) atoms. The van der Waals surface area contributed by atoms with E-state index in [1.54, 1.807) is 24.3 Å². The number of nitrogens with two attached hydrogens (primary N) is 1. The second kappa shape index (κ2) is 5.77. The number of carbonyl (C=O) groups excluding carboxylic acids is 1. The molecule has 1 aromatic heterocycles. The molecule has 0 unspecified atom stereocenters. The van der Waals surface area contributed by atoms with Crippen LogP contribution in [0.2, 0.25) is 0 Å². The maximum Gasteiger partial charge on any atom is 0.280 e. The summed E-state index contributed by atoms with van der Waals surface area (Å²) in [7, 11) is 0. The summed E-state index contributed by atoms with van der Waals surface area (Å²) in [4.78, 5) is 28.2. The fourth-order valence-corrected chi connectivity index (χ4v) is 2.53. The van der Waals surface area contributed by atoms with Crippen molar-refractivity contribution < 1.29 is 4.79 Å². The van der Waals surface area contributed by atoms with Gasteiger partial charge in [0.05, 0.1) is 16.7 Å². The van der Waals surface area contributed by atoms with Crippen LogP contribution >= 0.6 is 11.8 Å². The van der Waals surface area contributed by atoms with E-state index in [9.17, 15) is 9.59 Å². The Morgan fingerprint density at radius 2 is 2.05 bits per heavy atom. The van der Waals surface area contributed by atoms with Crippen LogP contribution in [0.4, 0.5) is 0 Å². The van der Waals surface area contributed by atoms with Crippen LogP contribution in [0.1, 0.15) is 20.8 Å². The molecule has 1 amide bonds. The van der Waals surface area contributed by atoms with Crippen LogP contribution in [0.3, 0.4) is 0 Å². The molecule has 2 aromatic rings. The molecular formula is C14H18N4O2S. The predicted molar refractivity (Wildman–Crippen MR) is 84.8 cm³/mol. The second-order valence-electron chi connectivity index (χ2n) is 5.67. The van der Waals surface area contributed by atoms with Crippen molar-refractivity contribution >= 4 is 28.6 Å². The van der Waals surface area contributed by atoms with Crippen LogP contribution in [-0.4, -0.2) is 26.9 Å². The van der Waals surface area contributed by atoms with Gasteiger partial charge in [-0.1, -0.05) is 23.9 Å². The number of nitrogen functional groups attached to an aromatic ring is 1. The molecule has 0 saturated heterocycles. The summed E-state index contributed by atoms with van der Waals surface area (Å²) in [6.07, 6.45) is 0. The molecule has 7 heteroatoms. The first kappa shape index (κ1) is 15.4. The van der Waals surface area contributed by atoms with Gasteiger partial charge in [0.1, 0.15) is 0 Å². The van der Waals surface area contributed by atoms with Gasteiger partial charge in [-0.05, 0) is 32.9 Å². The number of hydrogen-bond donors (Lipinski definition) is 2. The minimum atomic E-state index is -0.320. The van der Waals surface area contributed by atoms with E-state index in [2.05, 4.69) is 10.3 Å². The number of aromatic nitrogens is 2. The second-order valence-corrected chi connectivity index (χ2v) is 6.62. The van der Waals surface area contributed by atoms with Crippen molar-refractivity contribution in [2.45, 2.75) is 31.5 Å². The molecule has 3 N–H and O–H groups in total. The van der Waals surface area contributed by atoms with Crippen molar-refractivity contribution in [3.63, 3.8) is 0 Å². The van der Waals surface area contributed by atoms with E-state index in [4.69, 9.17) is 5.84 Å². The topological polar surface area (TPSA) is 90.0 Å². The van der Waals surface area contributed by atoms with E-state index >= 15 is 0 Å². The molecule has 2 rings (SSSR count). The van der Waals surface area contributed by atoms with Gasteiger partial charge in [0.2, 0.25) is 5.91 Å². The highest BCUT2D eigenvalue weighted by Gasteiger charge is 2.15. The van der Waals surface area contributed by atoms with Crippen LogP contribution in [-0.2, 0) is 4.79 Å². The van der Waals surface area contributed by atoms with Crippen molar-refractivity contribution in [1.29, 1.82) is 0 Å². The Balaban J connectivity index is 2.21. The first-order chi connectivity index (χ1) is 9.78. The molecule has 0 saturated carbocycles. The van der Waals surface area contributed by atoms with E-state index in [0.29, 0.717) is 16.1 Å². The molecule has 0 fully saturated rings. The minimum absolute atomic E-state index is 0.130. The Labute approximate surface area is 126 Å². The lowest BCUT2D eigenvalue weighted by atomic mass is 10.1. The lowest BCUT2D eigenvalue weighted by Gasteiger charge is -2.20. The number of hydrogen-bond acceptors (Lipinski definition) is 5. The zero-order valence-electron chi connectivity index (χ0n) is 12.2. The van der Waals surface area contributed by atoms with Crippen LogP contribution < -0.4 is 16.7 Å². The molecule has 1 aromatic carbocycles. The number of rotatable bonds is 3. The predicted octanol–water partition coefficient (Wildman–Crippen LogP) is 1.12. The fourth-order valence-electron chi connectivity index (χ4n) is 1.81. The number of nitrogens with zero attached hydrogens (tertiary/aromatic N) is 2. The normalized spacial score (nSPS) is 11.6. The van der Waals surface area contributed by atoms with E-state index < -0.39 is 0 Å². The summed E-state index contributed by atoms with van der Waals surface area (Å²) in [5.41, 5.74) is -0.0427. The largest absolute Gasteiger partial charge is 0.351 e. The molecule has 1 heterocycles. The van der Waals surface area contributed by atoms with Crippen molar-refractivity contribution in [2.75, 3.05) is 11.6 Å². The van der Waals surface area contributed by atoms with E-state index in [-0.39, 0.29) is 22.8 Å². The molecule has 0 bridgehead atoms. The lowest BCUT2D eigenvalue weighted by molar-refractivity contribution is -0.119. The van der Waals surface area contributed by atoms with Gasteiger partial charge in [0.15, 0.2) is 5.16 Å². The van der Waals surface area contributed by atoms with Crippen molar-refractivity contribution in [3.8, 4) is 0 Å². The number of amides is 1. The summed E-state index contributed by atoms with van der Waals surface area (Å²) < 4.78 is 0.984. The first-order valence-corrected chi connectivity index (χ1v) is 7.47. The van der Waals surface area contributed by atoms with Gasteiger partial charge in [-0.3, -0.25) is 9.59 Å². The van der Waals surface area contributed by atoms with Gasteiger partial charge in [0, 0.05) is 5.54 Å². The zero-order valence-corrected chi connectivity index (χ0v) is 13.0. The third-order valence-corrected chi connectivity index (χ3v) is 3.57. The number of carbonyl (C=O) groups is 1. The fraction of sp³-hybridized carbons (Fsp3) is 0.357. The minimum Gasteiger partial charge on any atom is -0.351 e. The van der Waals surface area contributed by atoms with Crippen LogP contribution in [0.25, 0.3) is 10.9 Å². The highest BCUT2D eigenvalue weighted by Crippen LogP contribution is 2.16. The Bertz CT molecular complexity index is 734. The Morgan fingerprint density at radius 1 is 1.38 bits per heavy atom. The molecule has 6 nitrogen and oxygen atoms in total. The maximum absolute atomic E-state index is 12.1. The molecule has 112 valence electrons. The third-order valence-electron chi connectivity index (χ3n) is 2.62. The van der Waals surface area contributed by atoms with Gasteiger partial charge in [-0.2, -0.15) is 0 Å². The maximum atomic E-state index is 12.1. The van der Waals surface area contributed by atoms with Crippen molar-refractivity contribution in [1.82, 2.24) is 15.0 Å². The molecule has 0 spiro atoms. The third kappa shape index (κ3) is 3.75. The number of para-hydroxylation sites is 1. The number of benzene rings is 1. The SMILES string of the molecule is CC(C)(C)NC(=O)CSc1nc2ccccc2c(=O)n1N. The molecule has 0 aliphatic rings. The number of thioether (sulfide) groups is 1. The monoisotopic (exact) mass is 306 g/mol. The van der Waals surface area contributed by atoms with Crippen molar-refractivity contribution in [2.24, 2.45) is 0 Å². The average molecular weight is 306 g/mol. The molecule has 0 atom stereocenters. The Kier molecular flexibility index (Phi) is 4.22. The van der Waals surface area contributed by atoms with Gasteiger partial charge < -0.3 is 11.2 Å². The quantitative estimate of drug-likeness (QED) is 0.504. The lowest BCUT2D eigenvalue weighted by Crippen LogP contribution is -2.41. The summed E-state index contributed by atoms with van der Waals surface area (Å²) in [5.74, 6) is 5.77.